The maximum Gasteiger partial charge on any atom is 0.326 e. The van der Waals surface area contributed by atoms with Crippen molar-refractivity contribution >= 4 is 18.0 Å². The number of halogens is 2. The molecule has 3 N–H and O–H groups in total. The molecule has 2 amide bonds. The van der Waals surface area contributed by atoms with Gasteiger partial charge in [0.2, 0.25) is 0 Å². The number of carbonyl (C=O) groups is 3. The van der Waals surface area contributed by atoms with Gasteiger partial charge in [0.25, 0.3) is 6.43 Å². The molecule has 0 heterocycles. The molecule has 0 spiro atoms. The van der Waals surface area contributed by atoms with Gasteiger partial charge in [0, 0.05) is 7.05 Å². The van der Waals surface area contributed by atoms with Crippen LogP contribution in [0.3, 0.4) is 0 Å². The van der Waals surface area contributed by atoms with Crippen molar-refractivity contribution < 1.29 is 33.4 Å². The van der Waals surface area contributed by atoms with Gasteiger partial charge in [0.15, 0.2) is 0 Å². The summed E-state index contributed by atoms with van der Waals surface area (Å²) in [5.41, 5.74) is 0. The first-order valence-corrected chi connectivity index (χ1v) is 4.48. The summed E-state index contributed by atoms with van der Waals surface area (Å²) in [7, 11) is 1.04. The lowest BCUT2D eigenvalue weighted by atomic mass is 10.2. The van der Waals surface area contributed by atoms with Gasteiger partial charge in [-0.15, -0.1) is 0 Å². The summed E-state index contributed by atoms with van der Waals surface area (Å²) in [5.74, 6) is -2.97. The van der Waals surface area contributed by atoms with Crippen LogP contribution in [0.5, 0.6) is 0 Å². The SMILES string of the molecule is CN(CC(F)F)C(=O)NC(CC(=O)O)C(=O)O. The van der Waals surface area contributed by atoms with E-state index < -0.39 is 43.4 Å². The van der Waals surface area contributed by atoms with Crippen LogP contribution in [0.1, 0.15) is 6.42 Å². The molecule has 0 bridgehead atoms. The van der Waals surface area contributed by atoms with Crippen molar-refractivity contribution in [2.24, 2.45) is 0 Å². The van der Waals surface area contributed by atoms with Gasteiger partial charge in [-0.1, -0.05) is 0 Å². The molecule has 0 saturated carbocycles. The van der Waals surface area contributed by atoms with Gasteiger partial charge in [0.1, 0.15) is 6.04 Å². The number of carboxylic acids is 2. The molecule has 0 rings (SSSR count). The average molecular weight is 254 g/mol. The predicted octanol–water partition coefficient (Wildman–Crippen LogP) is -0.179. The third-order valence-corrected chi connectivity index (χ3v) is 1.73. The van der Waals surface area contributed by atoms with Crippen molar-refractivity contribution in [1.82, 2.24) is 10.2 Å². The lowest BCUT2D eigenvalue weighted by molar-refractivity contribution is -0.145. The van der Waals surface area contributed by atoms with Crippen LogP contribution in [0.25, 0.3) is 0 Å². The van der Waals surface area contributed by atoms with Crippen molar-refractivity contribution in [2.45, 2.75) is 18.9 Å². The lowest BCUT2D eigenvalue weighted by Crippen LogP contribution is -2.48. The number of alkyl halides is 2. The van der Waals surface area contributed by atoms with Crippen molar-refractivity contribution in [3.8, 4) is 0 Å². The minimum Gasteiger partial charge on any atom is -0.481 e. The normalized spacial score (nSPS) is 12.0. The number of aliphatic carboxylic acids is 2. The second kappa shape index (κ2) is 6.61. The number of nitrogens with zero attached hydrogens (tertiary/aromatic N) is 1. The Kier molecular flexibility index (Phi) is 5.86. The van der Waals surface area contributed by atoms with Crippen LogP contribution in [0.4, 0.5) is 13.6 Å². The minimum atomic E-state index is -2.76. The number of carboxylic acid groups (broad SMARTS) is 2. The molecule has 0 aromatic heterocycles. The minimum absolute atomic E-state index is 0.572. The lowest BCUT2D eigenvalue weighted by Gasteiger charge is -2.20. The first-order valence-electron chi connectivity index (χ1n) is 4.48. The van der Waals surface area contributed by atoms with Crippen LogP contribution < -0.4 is 5.32 Å². The van der Waals surface area contributed by atoms with Crippen LogP contribution in [-0.2, 0) is 9.59 Å². The number of amides is 2. The first kappa shape index (κ1) is 15.1. The molecule has 0 aliphatic rings. The maximum absolute atomic E-state index is 11.9. The van der Waals surface area contributed by atoms with E-state index in [-0.39, 0.29) is 0 Å². The van der Waals surface area contributed by atoms with Crippen molar-refractivity contribution in [2.75, 3.05) is 13.6 Å². The van der Waals surface area contributed by atoms with E-state index in [2.05, 4.69) is 0 Å². The summed E-state index contributed by atoms with van der Waals surface area (Å²) < 4.78 is 23.8. The highest BCUT2D eigenvalue weighted by molar-refractivity contribution is 5.86. The van der Waals surface area contributed by atoms with Crippen LogP contribution >= 0.6 is 0 Å². The Balaban J connectivity index is 4.39. The quantitative estimate of drug-likeness (QED) is 0.609. The van der Waals surface area contributed by atoms with E-state index >= 15 is 0 Å². The fourth-order valence-corrected chi connectivity index (χ4v) is 0.924. The highest BCUT2D eigenvalue weighted by Gasteiger charge is 2.25. The molecular weight excluding hydrogens is 242 g/mol. The Hall–Kier alpha value is -1.93. The number of carbonyl (C=O) groups excluding carboxylic acids is 1. The van der Waals surface area contributed by atoms with Crippen LogP contribution in [0, 0.1) is 0 Å². The molecule has 7 nitrogen and oxygen atoms in total. The molecule has 0 aromatic carbocycles. The maximum atomic E-state index is 11.9. The van der Waals surface area contributed by atoms with Crippen molar-refractivity contribution in [3.05, 3.63) is 0 Å². The smallest absolute Gasteiger partial charge is 0.326 e. The van der Waals surface area contributed by atoms with Gasteiger partial charge in [-0.05, 0) is 0 Å². The highest BCUT2D eigenvalue weighted by Crippen LogP contribution is 1.98. The standard InChI is InChI=1S/C8H12F2N2O5/c1-12(3-5(9)10)8(17)11-4(7(15)16)2-6(13)14/h4-5H,2-3H2,1H3,(H,11,17)(H,13,14)(H,15,16). The summed E-state index contributed by atoms with van der Waals surface area (Å²) in [6, 6.07) is -2.72. The summed E-state index contributed by atoms with van der Waals surface area (Å²) in [4.78, 5) is 32.6. The molecule has 0 aliphatic carbocycles. The molecule has 98 valence electrons. The molecule has 0 fully saturated rings. The van der Waals surface area contributed by atoms with Crippen LogP contribution in [-0.4, -0.2) is 59.1 Å². The Morgan fingerprint density at radius 2 is 1.82 bits per heavy atom. The van der Waals surface area contributed by atoms with Gasteiger partial charge in [-0.25, -0.2) is 18.4 Å². The van der Waals surface area contributed by atoms with Crippen molar-refractivity contribution in [3.63, 3.8) is 0 Å². The van der Waals surface area contributed by atoms with Gasteiger partial charge in [-0.3, -0.25) is 4.79 Å². The van der Waals surface area contributed by atoms with Crippen LogP contribution in [0.15, 0.2) is 0 Å². The first-order chi connectivity index (χ1) is 7.73. The Morgan fingerprint density at radius 1 is 1.29 bits per heavy atom. The van der Waals surface area contributed by atoms with E-state index in [1.165, 1.54) is 0 Å². The van der Waals surface area contributed by atoms with Gasteiger partial charge < -0.3 is 20.4 Å². The summed E-state index contributed by atoms with van der Waals surface area (Å²) in [6.45, 7) is -0.870. The van der Waals surface area contributed by atoms with E-state index in [1.54, 1.807) is 0 Å². The van der Waals surface area contributed by atoms with E-state index in [4.69, 9.17) is 10.2 Å². The molecule has 9 heteroatoms. The number of hydrogen-bond donors (Lipinski definition) is 3. The zero-order chi connectivity index (χ0) is 13.6. The van der Waals surface area contributed by atoms with Crippen LogP contribution in [0.2, 0.25) is 0 Å². The molecule has 1 unspecified atom stereocenters. The monoisotopic (exact) mass is 254 g/mol. The average Bonchev–Trinajstić information content (AvgIpc) is 2.14. The fourth-order valence-electron chi connectivity index (χ4n) is 0.924. The van der Waals surface area contributed by atoms with E-state index in [0.717, 1.165) is 7.05 Å². The van der Waals surface area contributed by atoms with Gasteiger partial charge in [0.05, 0.1) is 13.0 Å². The number of rotatable bonds is 6. The van der Waals surface area contributed by atoms with Gasteiger partial charge >= 0.3 is 18.0 Å². The molecular formula is C8H12F2N2O5. The second-order valence-corrected chi connectivity index (χ2v) is 3.21. The fraction of sp³-hybridized carbons (Fsp3) is 0.625. The third kappa shape index (κ3) is 6.28. The topological polar surface area (TPSA) is 107 Å². The van der Waals surface area contributed by atoms with Crippen molar-refractivity contribution in [1.29, 1.82) is 0 Å². The van der Waals surface area contributed by atoms with Gasteiger partial charge in [-0.2, -0.15) is 0 Å². The number of nitrogens with one attached hydrogen (secondary N) is 1. The highest BCUT2D eigenvalue weighted by atomic mass is 19.3. The zero-order valence-corrected chi connectivity index (χ0v) is 8.89. The Morgan fingerprint density at radius 3 is 2.18 bits per heavy atom. The van der Waals surface area contributed by atoms with E-state index in [1.807, 2.05) is 5.32 Å². The molecule has 0 aromatic rings. The summed E-state index contributed by atoms with van der Waals surface area (Å²) >= 11 is 0. The zero-order valence-electron chi connectivity index (χ0n) is 8.89. The van der Waals surface area contributed by atoms with E-state index in [0.29, 0.717) is 4.90 Å². The summed E-state index contributed by atoms with van der Waals surface area (Å²) in [5, 5.41) is 18.8. The Labute approximate surface area is 95.0 Å². The summed E-state index contributed by atoms with van der Waals surface area (Å²) in [6.07, 6.45) is -3.59. The largest absolute Gasteiger partial charge is 0.481 e. The second-order valence-electron chi connectivity index (χ2n) is 3.21. The number of hydrogen-bond acceptors (Lipinski definition) is 3. The molecule has 0 radical (unpaired) electrons. The third-order valence-electron chi connectivity index (χ3n) is 1.73. The molecule has 1 atom stereocenters. The molecule has 0 saturated heterocycles. The Bertz CT molecular complexity index is 310. The molecule has 0 aliphatic heterocycles. The molecule has 17 heavy (non-hydrogen) atoms. The predicted molar refractivity (Wildman–Crippen MR) is 50.8 cm³/mol. The van der Waals surface area contributed by atoms with E-state index in [9.17, 15) is 23.2 Å². The number of urea groups is 1.